The number of ether oxygens (including phenoxy) is 3. The first-order chi connectivity index (χ1) is 16.7. The number of carbonyl (C=O) groups excluding carboxylic acids is 4. The first-order valence-electron chi connectivity index (χ1n) is 12.0. The average molecular weight is 490 g/mol. The lowest BCUT2D eigenvalue weighted by Gasteiger charge is -2.39. The van der Waals surface area contributed by atoms with Crippen LogP contribution in [0.25, 0.3) is 0 Å². The molecule has 1 aromatic carbocycles. The summed E-state index contributed by atoms with van der Waals surface area (Å²) in [4.78, 5) is 53.1. The zero-order chi connectivity index (χ0) is 25.6. The average Bonchev–Trinajstić information content (AvgIpc) is 3.52. The summed E-state index contributed by atoms with van der Waals surface area (Å²) in [6.07, 6.45) is 1.99. The van der Waals surface area contributed by atoms with Gasteiger partial charge in [-0.05, 0) is 56.8 Å². The molecule has 192 valence electrons. The van der Waals surface area contributed by atoms with E-state index in [1.165, 1.54) is 21.0 Å². The fourth-order valence-corrected chi connectivity index (χ4v) is 4.96. The van der Waals surface area contributed by atoms with Crippen LogP contribution in [0.3, 0.4) is 0 Å². The topological polar surface area (TPSA) is 123 Å². The molecule has 3 rings (SSSR count). The molecule has 0 bridgehead atoms. The van der Waals surface area contributed by atoms with Crippen molar-refractivity contribution < 1.29 is 33.4 Å². The standard InChI is InChI=1S/C25H35N3O7/c1-16(35-17(2)29)21(23(31)34-4)27-24(32)25(15-18-8-10-19(33-3)11-9-18)12-6-14-28(25)22(30)20-7-5-13-26-20/h8-11,16,20-21,26H,5-7,12-15H2,1-4H3,(H,27,32)/t16-,20+,21-,25-/m1/s1. The van der Waals surface area contributed by atoms with Gasteiger partial charge in [-0.1, -0.05) is 12.1 Å². The Morgan fingerprint density at radius 1 is 1.17 bits per heavy atom. The Balaban J connectivity index is 1.95. The van der Waals surface area contributed by atoms with Crippen molar-refractivity contribution in [1.82, 2.24) is 15.5 Å². The highest BCUT2D eigenvalue weighted by atomic mass is 16.6. The van der Waals surface area contributed by atoms with Crippen LogP contribution in [0.15, 0.2) is 24.3 Å². The molecule has 2 aliphatic rings. The predicted octanol–water partition coefficient (Wildman–Crippen LogP) is 0.960. The summed E-state index contributed by atoms with van der Waals surface area (Å²) in [5.74, 6) is -1.24. The maximum Gasteiger partial charge on any atom is 0.332 e. The van der Waals surface area contributed by atoms with Crippen molar-refractivity contribution in [2.24, 2.45) is 0 Å². The van der Waals surface area contributed by atoms with Gasteiger partial charge in [0.2, 0.25) is 11.8 Å². The molecule has 2 aliphatic heterocycles. The smallest absolute Gasteiger partial charge is 0.332 e. The summed E-state index contributed by atoms with van der Waals surface area (Å²) in [5.41, 5.74) is -0.360. The minimum atomic E-state index is -1.22. The molecule has 4 atom stereocenters. The molecule has 0 saturated carbocycles. The Morgan fingerprint density at radius 2 is 1.89 bits per heavy atom. The predicted molar refractivity (Wildman–Crippen MR) is 127 cm³/mol. The normalized spacial score (nSPS) is 23.3. The lowest BCUT2D eigenvalue weighted by molar-refractivity contribution is -0.158. The highest BCUT2D eigenvalue weighted by molar-refractivity contribution is 5.96. The fourth-order valence-electron chi connectivity index (χ4n) is 4.96. The van der Waals surface area contributed by atoms with E-state index in [1.54, 1.807) is 24.1 Å². The van der Waals surface area contributed by atoms with Crippen LogP contribution in [0.1, 0.15) is 45.1 Å². The molecule has 0 spiro atoms. The first kappa shape index (κ1) is 26.5. The van der Waals surface area contributed by atoms with Gasteiger partial charge in [-0.2, -0.15) is 0 Å². The number of likely N-dealkylation sites (tertiary alicyclic amines) is 1. The van der Waals surface area contributed by atoms with Gasteiger partial charge in [0.05, 0.1) is 20.3 Å². The third-order valence-corrected chi connectivity index (χ3v) is 6.75. The van der Waals surface area contributed by atoms with Gasteiger partial charge in [-0.25, -0.2) is 4.79 Å². The van der Waals surface area contributed by atoms with Crippen molar-refractivity contribution in [2.45, 2.75) is 69.7 Å². The summed E-state index contributed by atoms with van der Waals surface area (Å²) in [6.45, 7) is 3.93. The fraction of sp³-hybridized carbons (Fsp3) is 0.600. The summed E-state index contributed by atoms with van der Waals surface area (Å²) < 4.78 is 15.3. The SMILES string of the molecule is COC(=O)[C@H](NC(=O)[C@]1(Cc2ccc(OC)cc2)CCCN1C(=O)[C@@H]1CCCN1)[C@@H](C)OC(C)=O. The number of nitrogens with one attached hydrogen (secondary N) is 2. The number of amides is 2. The van der Waals surface area contributed by atoms with Crippen LogP contribution in [-0.2, 0) is 35.1 Å². The molecule has 0 unspecified atom stereocenters. The highest BCUT2D eigenvalue weighted by Gasteiger charge is 2.52. The first-order valence-corrected chi connectivity index (χ1v) is 12.0. The summed E-state index contributed by atoms with van der Waals surface area (Å²) in [5, 5.41) is 5.97. The van der Waals surface area contributed by atoms with Crippen LogP contribution >= 0.6 is 0 Å². The van der Waals surface area contributed by atoms with Crippen LogP contribution in [0.2, 0.25) is 0 Å². The second-order valence-corrected chi connectivity index (χ2v) is 9.09. The van der Waals surface area contributed by atoms with Crippen molar-refractivity contribution in [3.8, 4) is 5.75 Å². The zero-order valence-corrected chi connectivity index (χ0v) is 20.8. The van der Waals surface area contributed by atoms with Crippen molar-refractivity contribution in [2.75, 3.05) is 27.3 Å². The van der Waals surface area contributed by atoms with Gasteiger partial charge in [0.15, 0.2) is 6.04 Å². The number of carbonyl (C=O) groups is 4. The van der Waals surface area contributed by atoms with E-state index in [9.17, 15) is 19.2 Å². The van der Waals surface area contributed by atoms with Crippen molar-refractivity contribution >= 4 is 23.8 Å². The van der Waals surface area contributed by atoms with Gasteiger partial charge in [-0.3, -0.25) is 14.4 Å². The van der Waals surface area contributed by atoms with E-state index in [2.05, 4.69) is 10.6 Å². The summed E-state index contributed by atoms with van der Waals surface area (Å²) in [6, 6.07) is 5.78. The Labute approximate surface area is 205 Å². The van der Waals surface area contributed by atoms with Crippen LogP contribution in [0, 0.1) is 0 Å². The number of methoxy groups -OCH3 is 2. The van der Waals surface area contributed by atoms with E-state index < -0.39 is 35.5 Å². The van der Waals surface area contributed by atoms with E-state index in [0.717, 1.165) is 18.5 Å². The third-order valence-electron chi connectivity index (χ3n) is 6.75. The third kappa shape index (κ3) is 5.93. The summed E-state index contributed by atoms with van der Waals surface area (Å²) >= 11 is 0. The monoisotopic (exact) mass is 489 g/mol. The molecule has 2 amide bonds. The van der Waals surface area contributed by atoms with Gasteiger partial charge in [-0.15, -0.1) is 0 Å². The molecule has 10 heteroatoms. The minimum absolute atomic E-state index is 0.119. The van der Waals surface area contributed by atoms with Gasteiger partial charge in [0, 0.05) is 19.9 Å². The molecule has 1 aromatic rings. The largest absolute Gasteiger partial charge is 0.497 e. The Morgan fingerprint density at radius 3 is 2.46 bits per heavy atom. The molecule has 2 saturated heterocycles. The lowest BCUT2D eigenvalue weighted by atomic mass is 9.86. The summed E-state index contributed by atoms with van der Waals surface area (Å²) in [7, 11) is 2.78. The van der Waals surface area contributed by atoms with E-state index in [1.807, 2.05) is 12.1 Å². The molecular weight excluding hydrogens is 454 g/mol. The van der Waals surface area contributed by atoms with Crippen molar-refractivity contribution in [3.05, 3.63) is 29.8 Å². The van der Waals surface area contributed by atoms with Crippen LogP contribution in [0.5, 0.6) is 5.75 Å². The molecule has 0 radical (unpaired) electrons. The number of benzene rings is 1. The Bertz CT molecular complexity index is 929. The molecule has 0 aromatic heterocycles. The van der Waals surface area contributed by atoms with E-state index in [-0.39, 0.29) is 18.4 Å². The van der Waals surface area contributed by atoms with Gasteiger partial charge >= 0.3 is 11.9 Å². The number of nitrogens with zero attached hydrogens (tertiary/aromatic N) is 1. The number of rotatable bonds is 9. The van der Waals surface area contributed by atoms with Gasteiger partial charge < -0.3 is 29.7 Å². The van der Waals surface area contributed by atoms with Crippen LogP contribution in [-0.4, -0.2) is 79.7 Å². The highest BCUT2D eigenvalue weighted by Crippen LogP contribution is 2.35. The van der Waals surface area contributed by atoms with Crippen molar-refractivity contribution in [3.63, 3.8) is 0 Å². The van der Waals surface area contributed by atoms with E-state index in [4.69, 9.17) is 14.2 Å². The Hall–Kier alpha value is -3.14. The maximum absolute atomic E-state index is 13.9. The molecule has 2 fully saturated rings. The molecule has 35 heavy (non-hydrogen) atoms. The number of esters is 2. The minimum Gasteiger partial charge on any atom is -0.497 e. The van der Waals surface area contributed by atoms with Gasteiger partial charge in [0.1, 0.15) is 17.4 Å². The molecule has 2 heterocycles. The van der Waals surface area contributed by atoms with E-state index >= 15 is 0 Å². The number of hydrogen-bond acceptors (Lipinski definition) is 8. The lowest BCUT2D eigenvalue weighted by Crippen LogP contribution is -2.64. The molecule has 2 N–H and O–H groups in total. The zero-order valence-electron chi connectivity index (χ0n) is 20.8. The second kappa shape index (κ2) is 11.5. The molecule has 0 aliphatic carbocycles. The maximum atomic E-state index is 13.9. The van der Waals surface area contributed by atoms with Crippen molar-refractivity contribution in [1.29, 1.82) is 0 Å². The Kier molecular flexibility index (Phi) is 8.71. The van der Waals surface area contributed by atoms with Crippen LogP contribution < -0.4 is 15.4 Å². The molecular formula is C25H35N3O7. The quantitative estimate of drug-likeness (QED) is 0.492. The number of hydrogen-bond donors (Lipinski definition) is 2. The second-order valence-electron chi connectivity index (χ2n) is 9.09. The van der Waals surface area contributed by atoms with E-state index in [0.29, 0.717) is 31.6 Å². The van der Waals surface area contributed by atoms with Gasteiger partial charge in [0.25, 0.3) is 0 Å². The van der Waals surface area contributed by atoms with Crippen LogP contribution in [0.4, 0.5) is 0 Å². The molecule has 10 nitrogen and oxygen atoms in total.